The Hall–Kier alpha value is -3.85. The zero-order chi connectivity index (χ0) is 20.9. The van der Waals surface area contributed by atoms with Gasteiger partial charge in [-0.1, -0.05) is 84.9 Å². The molecule has 0 saturated carbocycles. The van der Waals surface area contributed by atoms with Crippen LogP contribution in [0.4, 0.5) is 16.2 Å². The van der Waals surface area contributed by atoms with Gasteiger partial charge in [-0.2, -0.15) is 0 Å². The van der Waals surface area contributed by atoms with Gasteiger partial charge in [0.25, 0.3) is 0 Å². The minimum atomic E-state index is -0.0880. The van der Waals surface area contributed by atoms with E-state index in [1.165, 1.54) is 0 Å². The molecule has 3 nitrogen and oxygen atoms in total. The normalized spacial score (nSPS) is 10.5. The van der Waals surface area contributed by atoms with Gasteiger partial charge in [-0.15, -0.1) is 0 Å². The Morgan fingerprint density at radius 1 is 0.467 bits per heavy atom. The minimum absolute atomic E-state index is 0.0880. The van der Waals surface area contributed by atoms with Gasteiger partial charge in [0, 0.05) is 25.5 Å². The van der Waals surface area contributed by atoms with Crippen LogP contribution in [-0.2, 0) is 0 Å². The van der Waals surface area contributed by atoms with Crippen molar-refractivity contribution < 1.29 is 4.79 Å². The molecule has 4 aromatic carbocycles. The maximum absolute atomic E-state index is 13.0. The fraction of sp³-hybridized carbons (Fsp3) is 0.0741. The van der Waals surface area contributed by atoms with Gasteiger partial charge in [0.15, 0.2) is 0 Å². The summed E-state index contributed by atoms with van der Waals surface area (Å²) in [6.07, 6.45) is 0. The van der Waals surface area contributed by atoms with Crippen LogP contribution in [-0.4, -0.2) is 20.1 Å². The van der Waals surface area contributed by atoms with E-state index in [0.717, 1.165) is 33.6 Å². The maximum Gasteiger partial charge on any atom is 0.328 e. The predicted octanol–water partition coefficient (Wildman–Crippen LogP) is 6.71. The molecule has 0 spiro atoms. The molecule has 2 amide bonds. The van der Waals surface area contributed by atoms with Crippen LogP contribution < -0.4 is 9.80 Å². The summed E-state index contributed by atoms with van der Waals surface area (Å²) in [4.78, 5) is 16.3. The lowest BCUT2D eigenvalue weighted by atomic mass is 10.1. The number of urea groups is 1. The van der Waals surface area contributed by atoms with Crippen molar-refractivity contribution in [2.45, 2.75) is 0 Å². The van der Waals surface area contributed by atoms with Gasteiger partial charge in [-0.3, -0.25) is 9.80 Å². The second kappa shape index (κ2) is 8.66. The summed E-state index contributed by atoms with van der Waals surface area (Å²) in [5.74, 6) is 0. The van der Waals surface area contributed by atoms with Crippen LogP contribution in [0.1, 0.15) is 0 Å². The molecular formula is C27H24N2O. The van der Waals surface area contributed by atoms with E-state index < -0.39 is 0 Å². The summed E-state index contributed by atoms with van der Waals surface area (Å²) in [5.41, 5.74) is 6.29. The molecule has 148 valence electrons. The van der Waals surface area contributed by atoms with Gasteiger partial charge in [-0.05, 0) is 46.5 Å². The average molecular weight is 393 g/mol. The highest BCUT2D eigenvalue weighted by Gasteiger charge is 2.17. The standard InChI is InChI=1S/C27H24N2O/c1-28(25-17-13-23(14-18-25)21-9-5-3-6-10-21)27(30)29(2)26-19-15-24(16-20-26)22-11-7-4-8-12-22/h3-20H,1-2H3. The molecule has 0 fully saturated rings. The van der Waals surface area contributed by atoms with Gasteiger partial charge >= 0.3 is 6.03 Å². The highest BCUT2D eigenvalue weighted by atomic mass is 16.2. The highest BCUT2D eigenvalue weighted by molar-refractivity contribution is 6.03. The number of rotatable bonds is 4. The Kier molecular flexibility index (Phi) is 5.62. The lowest BCUT2D eigenvalue weighted by molar-refractivity contribution is 0.253. The lowest BCUT2D eigenvalue weighted by Crippen LogP contribution is -2.38. The monoisotopic (exact) mass is 392 g/mol. The predicted molar refractivity (Wildman–Crippen MR) is 126 cm³/mol. The number of carbonyl (C=O) groups is 1. The molecular weight excluding hydrogens is 368 g/mol. The topological polar surface area (TPSA) is 23.6 Å². The summed E-state index contributed by atoms with van der Waals surface area (Å²) in [5, 5.41) is 0. The molecule has 0 heterocycles. The van der Waals surface area contributed by atoms with Crippen LogP contribution in [0.15, 0.2) is 109 Å². The number of hydrogen-bond acceptors (Lipinski definition) is 1. The first-order chi connectivity index (χ1) is 14.6. The van der Waals surface area contributed by atoms with E-state index >= 15 is 0 Å². The lowest BCUT2D eigenvalue weighted by Gasteiger charge is -2.25. The average Bonchev–Trinajstić information content (AvgIpc) is 2.84. The van der Waals surface area contributed by atoms with Gasteiger partial charge < -0.3 is 0 Å². The summed E-state index contributed by atoms with van der Waals surface area (Å²) >= 11 is 0. The van der Waals surface area contributed by atoms with Gasteiger partial charge in [0.05, 0.1) is 0 Å². The van der Waals surface area contributed by atoms with Crippen molar-refractivity contribution in [1.82, 2.24) is 0 Å². The van der Waals surface area contributed by atoms with Crippen LogP contribution in [0.2, 0.25) is 0 Å². The number of anilines is 2. The molecule has 0 unspecified atom stereocenters. The highest BCUT2D eigenvalue weighted by Crippen LogP contribution is 2.25. The molecule has 0 atom stereocenters. The molecule has 0 aliphatic heterocycles. The van der Waals surface area contributed by atoms with E-state index in [1.807, 2.05) is 84.9 Å². The first-order valence-electron chi connectivity index (χ1n) is 9.96. The smallest absolute Gasteiger partial charge is 0.297 e. The molecule has 4 rings (SSSR count). The van der Waals surface area contributed by atoms with Crippen molar-refractivity contribution in [2.24, 2.45) is 0 Å². The molecule has 0 aliphatic rings. The van der Waals surface area contributed by atoms with Crippen molar-refractivity contribution in [3.63, 3.8) is 0 Å². The second-order valence-corrected chi connectivity index (χ2v) is 7.23. The number of hydrogen-bond donors (Lipinski definition) is 0. The fourth-order valence-electron chi connectivity index (χ4n) is 3.46. The summed E-state index contributed by atoms with van der Waals surface area (Å²) < 4.78 is 0. The molecule has 0 aromatic heterocycles. The van der Waals surface area contributed by atoms with E-state index in [9.17, 15) is 4.79 Å². The third-order valence-corrected chi connectivity index (χ3v) is 5.30. The first kappa shape index (κ1) is 19.5. The quantitative estimate of drug-likeness (QED) is 0.378. The molecule has 0 saturated heterocycles. The molecule has 3 heteroatoms. The van der Waals surface area contributed by atoms with E-state index in [-0.39, 0.29) is 6.03 Å². The number of benzene rings is 4. The summed E-state index contributed by atoms with van der Waals surface area (Å²) in [7, 11) is 3.60. The fourth-order valence-corrected chi connectivity index (χ4v) is 3.46. The molecule has 0 N–H and O–H groups in total. The SMILES string of the molecule is CN(C(=O)N(C)c1ccc(-c2ccccc2)cc1)c1ccc(-c2ccccc2)cc1. The third kappa shape index (κ3) is 4.11. The number of nitrogens with zero attached hydrogens (tertiary/aromatic N) is 2. The molecule has 30 heavy (non-hydrogen) atoms. The number of amides is 2. The molecule has 0 bridgehead atoms. The van der Waals surface area contributed by atoms with Crippen LogP contribution in [0.3, 0.4) is 0 Å². The zero-order valence-corrected chi connectivity index (χ0v) is 17.2. The molecule has 4 aromatic rings. The number of carbonyl (C=O) groups excluding carboxylic acids is 1. The maximum atomic E-state index is 13.0. The van der Waals surface area contributed by atoms with Crippen LogP contribution in [0.25, 0.3) is 22.3 Å². The van der Waals surface area contributed by atoms with Crippen molar-refractivity contribution in [2.75, 3.05) is 23.9 Å². The zero-order valence-electron chi connectivity index (χ0n) is 17.2. The Morgan fingerprint density at radius 3 is 1.10 bits per heavy atom. The third-order valence-electron chi connectivity index (χ3n) is 5.30. The van der Waals surface area contributed by atoms with Crippen LogP contribution in [0, 0.1) is 0 Å². The van der Waals surface area contributed by atoms with Crippen LogP contribution >= 0.6 is 0 Å². The van der Waals surface area contributed by atoms with E-state index in [1.54, 1.807) is 23.9 Å². The largest absolute Gasteiger partial charge is 0.328 e. The Morgan fingerprint density at radius 2 is 0.767 bits per heavy atom. The van der Waals surface area contributed by atoms with Crippen LogP contribution in [0.5, 0.6) is 0 Å². The van der Waals surface area contributed by atoms with E-state index in [0.29, 0.717) is 0 Å². The van der Waals surface area contributed by atoms with Crippen molar-refractivity contribution >= 4 is 17.4 Å². The first-order valence-corrected chi connectivity index (χ1v) is 9.96. The van der Waals surface area contributed by atoms with Gasteiger partial charge in [0.1, 0.15) is 0 Å². The van der Waals surface area contributed by atoms with Gasteiger partial charge in [0.2, 0.25) is 0 Å². The van der Waals surface area contributed by atoms with Crippen molar-refractivity contribution in [1.29, 1.82) is 0 Å². The van der Waals surface area contributed by atoms with Gasteiger partial charge in [-0.25, -0.2) is 4.79 Å². The molecule has 0 radical (unpaired) electrons. The Labute approximate surface area is 177 Å². The second-order valence-electron chi connectivity index (χ2n) is 7.23. The molecule has 0 aliphatic carbocycles. The Bertz CT molecular complexity index is 1010. The van der Waals surface area contributed by atoms with E-state index in [4.69, 9.17) is 0 Å². The summed E-state index contributed by atoms with van der Waals surface area (Å²) in [6, 6.07) is 36.4. The Balaban J connectivity index is 1.48. The van der Waals surface area contributed by atoms with Crippen molar-refractivity contribution in [3.05, 3.63) is 109 Å². The summed E-state index contributed by atoms with van der Waals surface area (Å²) in [6.45, 7) is 0. The van der Waals surface area contributed by atoms with E-state index in [2.05, 4.69) is 24.3 Å². The van der Waals surface area contributed by atoms with Crippen molar-refractivity contribution in [3.8, 4) is 22.3 Å². The minimum Gasteiger partial charge on any atom is -0.297 e.